The van der Waals surface area contributed by atoms with E-state index in [0.717, 1.165) is 22.5 Å². The van der Waals surface area contributed by atoms with E-state index in [4.69, 9.17) is 5.73 Å². The molecule has 18 heavy (non-hydrogen) atoms. The Labute approximate surface area is 119 Å². The van der Waals surface area contributed by atoms with E-state index in [-0.39, 0.29) is 6.04 Å². The molecule has 0 radical (unpaired) electrons. The molecule has 96 valence electrons. The van der Waals surface area contributed by atoms with Gasteiger partial charge < -0.3 is 5.73 Å². The number of thioether (sulfide) groups is 1. The van der Waals surface area contributed by atoms with Gasteiger partial charge in [0.05, 0.1) is 0 Å². The summed E-state index contributed by atoms with van der Waals surface area (Å²) in [7, 11) is 1.89. The first kappa shape index (κ1) is 13.6. The molecule has 0 fully saturated rings. The second-order valence-corrected chi connectivity index (χ2v) is 6.04. The third-order valence-corrected chi connectivity index (χ3v) is 4.19. The van der Waals surface area contributed by atoms with Crippen LogP contribution in [0, 0.1) is 0 Å². The lowest BCUT2D eigenvalue weighted by Crippen LogP contribution is -2.27. The minimum Gasteiger partial charge on any atom is -0.327 e. The van der Waals surface area contributed by atoms with Gasteiger partial charge in [-0.15, -0.1) is 11.8 Å². The van der Waals surface area contributed by atoms with Gasteiger partial charge in [-0.1, -0.05) is 22.0 Å². The lowest BCUT2D eigenvalue weighted by Gasteiger charge is -2.10. The number of aromatic nitrogens is 3. The van der Waals surface area contributed by atoms with Crippen molar-refractivity contribution < 1.29 is 0 Å². The summed E-state index contributed by atoms with van der Waals surface area (Å²) in [6.07, 6.45) is 2.31. The quantitative estimate of drug-likeness (QED) is 0.856. The smallest absolute Gasteiger partial charge is 0.138 e. The SMILES string of the molecule is Cn1ncnc1CC(N)CSc1cccc(Br)c1. The van der Waals surface area contributed by atoms with Crippen LogP contribution >= 0.6 is 27.7 Å². The zero-order chi connectivity index (χ0) is 13.0. The van der Waals surface area contributed by atoms with E-state index in [0.29, 0.717) is 0 Å². The summed E-state index contributed by atoms with van der Waals surface area (Å²) in [6.45, 7) is 0. The second-order valence-electron chi connectivity index (χ2n) is 4.03. The zero-order valence-corrected chi connectivity index (χ0v) is 12.5. The highest BCUT2D eigenvalue weighted by molar-refractivity contribution is 9.10. The highest BCUT2D eigenvalue weighted by Crippen LogP contribution is 2.22. The maximum absolute atomic E-state index is 6.11. The molecule has 0 aliphatic carbocycles. The number of benzene rings is 1. The molecule has 1 unspecified atom stereocenters. The van der Waals surface area contributed by atoms with E-state index in [1.165, 1.54) is 4.90 Å². The number of nitrogens with zero attached hydrogens (tertiary/aromatic N) is 3. The number of aryl methyl sites for hydroxylation is 1. The molecule has 0 bridgehead atoms. The van der Waals surface area contributed by atoms with Crippen LogP contribution in [0.4, 0.5) is 0 Å². The van der Waals surface area contributed by atoms with Crippen molar-refractivity contribution in [3.8, 4) is 0 Å². The summed E-state index contributed by atoms with van der Waals surface area (Å²) in [5.74, 6) is 1.79. The molecule has 0 saturated carbocycles. The van der Waals surface area contributed by atoms with Crippen LogP contribution in [0.15, 0.2) is 40.0 Å². The van der Waals surface area contributed by atoms with E-state index in [2.05, 4.69) is 38.1 Å². The summed E-state index contributed by atoms with van der Waals surface area (Å²) < 4.78 is 2.86. The molecular weight excluding hydrogens is 312 g/mol. The normalized spacial score (nSPS) is 12.6. The monoisotopic (exact) mass is 326 g/mol. The average Bonchev–Trinajstić information content (AvgIpc) is 2.73. The Bertz CT molecular complexity index is 514. The van der Waals surface area contributed by atoms with Gasteiger partial charge in [0.15, 0.2) is 0 Å². The minimum atomic E-state index is 0.0804. The molecular formula is C12H15BrN4S. The Morgan fingerprint density at radius 1 is 1.50 bits per heavy atom. The van der Waals surface area contributed by atoms with Crippen molar-refractivity contribution in [3.05, 3.63) is 40.9 Å². The predicted octanol–water partition coefficient (Wildman–Crippen LogP) is 2.24. The fourth-order valence-corrected chi connectivity index (χ4v) is 3.02. The standard InChI is InChI=1S/C12H15BrN4S/c1-17-12(15-8-16-17)6-10(14)7-18-11-4-2-3-9(13)5-11/h2-5,8,10H,6-7,14H2,1H3. The Morgan fingerprint density at radius 2 is 2.33 bits per heavy atom. The fourth-order valence-electron chi connectivity index (χ4n) is 1.56. The van der Waals surface area contributed by atoms with E-state index >= 15 is 0 Å². The first-order valence-corrected chi connectivity index (χ1v) is 7.40. The summed E-state index contributed by atoms with van der Waals surface area (Å²) in [5, 5.41) is 4.04. The lowest BCUT2D eigenvalue weighted by molar-refractivity contribution is 0.643. The highest BCUT2D eigenvalue weighted by atomic mass is 79.9. The molecule has 0 aliphatic heterocycles. The van der Waals surface area contributed by atoms with Crippen molar-refractivity contribution in [2.75, 3.05) is 5.75 Å². The molecule has 1 aromatic carbocycles. The van der Waals surface area contributed by atoms with Gasteiger partial charge in [-0.2, -0.15) is 5.10 Å². The van der Waals surface area contributed by atoms with Gasteiger partial charge >= 0.3 is 0 Å². The van der Waals surface area contributed by atoms with Gasteiger partial charge in [-0.05, 0) is 18.2 Å². The van der Waals surface area contributed by atoms with E-state index in [9.17, 15) is 0 Å². The van der Waals surface area contributed by atoms with Crippen molar-refractivity contribution in [2.45, 2.75) is 17.4 Å². The summed E-state index contributed by atoms with van der Waals surface area (Å²) >= 11 is 5.22. The van der Waals surface area contributed by atoms with Crippen LogP contribution in [0.5, 0.6) is 0 Å². The van der Waals surface area contributed by atoms with Crippen molar-refractivity contribution in [3.63, 3.8) is 0 Å². The molecule has 2 N–H and O–H groups in total. The first-order valence-electron chi connectivity index (χ1n) is 5.62. The molecule has 0 aliphatic rings. The molecule has 2 aromatic rings. The number of rotatable bonds is 5. The fraction of sp³-hybridized carbons (Fsp3) is 0.333. The number of halogens is 1. The van der Waals surface area contributed by atoms with E-state index in [1.54, 1.807) is 22.8 Å². The van der Waals surface area contributed by atoms with Crippen molar-refractivity contribution in [1.82, 2.24) is 14.8 Å². The molecule has 2 rings (SSSR count). The Kier molecular flexibility index (Phi) is 4.79. The van der Waals surface area contributed by atoms with Crippen LogP contribution in [0.1, 0.15) is 5.82 Å². The van der Waals surface area contributed by atoms with Gasteiger partial charge in [0.2, 0.25) is 0 Å². The maximum atomic E-state index is 6.11. The predicted molar refractivity (Wildman–Crippen MR) is 77.5 cm³/mol. The van der Waals surface area contributed by atoms with Crippen molar-refractivity contribution in [2.24, 2.45) is 12.8 Å². The summed E-state index contributed by atoms with van der Waals surface area (Å²) in [6, 6.07) is 8.31. The molecule has 0 amide bonds. The molecule has 0 spiro atoms. The van der Waals surface area contributed by atoms with Crippen LogP contribution in [0.2, 0.25) is 0 Å². The zero-order valence-electron chi connectivity index (χ0n) is 10.1. The van der Waals surface area contributed by atoms with Crippen LogP contribution < -0.4 is 5.73 Å². The second kappa shape index (κ2) is 6.36. The van der Waals surface area contributed by atoms with Crippen molar-refractivity contribution >= 4 is 27.7 Å². The minimum absolute atomic E-state index is 0.0804. The van der Waals surface area contributed by atoms with Crippen LogP contribution in [0.3, 0.4) is 0 Å². The lowest BCUT2D eigenvalue weighted by atomic mass is 10.2. The largest absolute Gasteiger partial charge is 0.327 e. The van der Waals surface area contributed by atoms with Crippen LogP contribution in [0.25, 0.3) is 0 Å². The molecule has 4 nitrogen and oxygen atoms in total. The maximum Gasteiger partial charge on any atom is 0.138 e. The number of hydrogen-bond donors (Lipinski definition) is 1. The topological polar surface area (TPSA) is 56.7 Å². The molecule has 1 atom stereocenters. The van der Waals surface area contributed by atoms with Gasteiger partial charge in [0, 0.05) is 34.6 Å². The summed E-state index contributed by atoms with van der Waals surface area (Å²) in [5.41, 5.74) is 6.11. The third-order valence-electron chi connectivity index (χ3n) is 2.51. The summed E-state index contributed by atoms with van der Waals surface area (Å²) in [4.78, 5) is 5.40. The van der Waals surface area contributed by atoms with Gasteiger partial charge in [0.1, 0.15) is 12.2 Å². The highest BCUT2D eigenvalue weighted by Gasteiger charge is 2.09. The van der Waals surface area contributed by atoms with Crippen LogP contribution in [-0.4, -0.2) is 26.6 Å². The third kappa shape index (κ3) is 3.83. The van der Waals surface area contributed by atoms with Gasteiger partial charge in [0.25, 0.3) is 0 Å². The van der Waals surface area contributed by atoms with Crippen LogP contribution in [-0.2, 0) is 13.5 Å². The molecule has 0 saturated heterocycles. The van der Waals surface area contributed by atoms with Crippen molar-refractivity contribution in [1.29, 1.82) is 0 Å². The molecule has 6 heteroatoms. The van der Waals surface area contributed by atoms with Gasteiger partial charge in [-0.3, -0.25) is 4.68 Å². The molecule has 1 aromatic heterocycles. The average molecular weight is 327 g/mol. The molecule has 1 heterocycles. The van der Waals surface area contributed by atoms with E-state index in [1.807, 2.05) is 19.2 Å². The number of nitrogens with two attached hydrogens (primary N) is 1. The van der Waals surface area contributed by atoms with Gasteiger partial charge in [-0.25, -0.2) is 4.98 Å². The van der Waals surface area contributed by atoms with E-state index < -0.39 is 0 Å². The Morgan fingerprint density at radius 3 is 3.00 bits per heavy atom. The first-order chi connectivity index (χ1) is 8.65. The number of hydrogen-bond acceptors (Lipinski definition) is 4. The Hall–Kier alpha value is -0.850. The Balaban J connectivity index is 1.85.